The Morgan fingerprint density at radius 2 is 2.08 bits per heavy atom. The molecule has 136 valence electrons. The van der Waals surface area contributed by atoms with Crippen LogP contribution in [0.25, 0.3) is 0 Å². The molecule has 0 aliphatic heterocycles. The fourth-order valence-electron chi connectivity index (χ4n) is 2.52. The topological polar surface area (TPSA) is 43.6 Å². The van der Waals surface area contributed by atoms with Crippen LogP contribution in [0.15, 0.2) is 23.2 Å². The number of thiazole rings is 1. The number of hydrogen-bond acceptors (Lipinski definition) is 3. The Kier molecular flexibility index (Phi) is 6.19. The predicted molar refractivity (Wildman–Crippen MR) is 98.9 cm³/mol. The monoisotopic (exact) mass is 384 g/mol. The first-order valence-corrected chi connectivity index (χ1v) is 9.08. The first-order chi connectivity index (χ1) is 11.6. The smallest absolute Gasteiger partial charge is 0.282 e. The van der Waals surface area contributed by atoms with Crippen LogP contribution in [0.2, 0.25) is 5.02 Å². The Labute approximate surface area is 155 Å². The molecule has 25 heavy (non-hydrogen) atoms. The van der Waals surface area contributed by atoms with Crippen LogP contribution in [0.4, 0.5) is 4.39 Å². The van der Waals surface area contributed by atoms with Gasteiger partial charge in [-0.15, -0.1) is 11.3 Å². The Morgan fingerprint density at radius 3 is 2.64 bits per heavy atom. The minimum atomic E-state index is -0.672. The standard InChI is InChI=1S/C18H22ClFN2O2S/c1-11-15(18(2,3)4)25-17(22(11)8-9-24-5)21-16(23)13-7-6-12(19)10-14(13)20/h6-7,10H,8-9H2,1-5H3. The van der Waals surface area contributed by atoms with E-state index in [2.05, 4.69) is 25.8 Å². The number of hydrogen-bond donors (Lipinski definition) is 0. The zero-order valence-corrected chi connectivity index (χ0v) is 16.6. The van der Waals surface area contributed by atoms with Gasteiger partial charge in [0, 0.05) is 29.2 Å². The number of rotatable bonds is 4. The molecule has 0 spiro atoms. The van der Waals surface area contributed by atoms with Gasteiger partial charge in [0.15, 0.2) is 4.80 Å². The molecule has 0 atom stereocenters. The molecule has 0 saturated carbocycles. The summed E-state index contributed by atoms with van der Waals surface area (Å²) in [6.45, 7) is 9.39. The molecule has 0 unspecified atom stereocenters. The molecule has 1 heterocycles. The molecule has 0 radical (unpaired) electrons. The number of methoxy groups -OCH3 is 1. The summed E-state index contributed by atoms with van der Waals surface area (Å²) in [7, 11) is 1.62. The van der Waals surface area contributed by atoms with Gasteiger partial charge in [0.05, 0.1) is 12.2 Å². The summed E-state index contributed by atoms with van der Waals surface area (Å²) in [5, 5.41) is 0.242. The zero-order chi connectivity index (χ0) is 18.8. The zero-order valence-electron chi connectivity index (χ0n) is 15.0. The highest BCUT2D eigenvalue weighted by Crippen LogP contribution is 2.28. The van der Waals surface area contributed by atoms with Gasteiger partial charge in [-0.2, -0.15) is 4.99 Å². The van der Waals surface area contributed by atoms with Crippen LogP contribution in [0.1, 0.15) is 41.7 Å². The van der Waals surface area contributed by atoms with E-state index in [0.717, 1.165) is 16.6 Å². The lowest BCUT2D eigenvalue weighted by Crippen LogP contribution is -2.21. The third-order valence-electron chi connectivity index (χ3n) is 3.72. The quantitative estimate of drug-likeness (QED) is 0.787. The van der Waals surface area contributed by atoms with E-state index in [1.807, 2.05) is 11.5 Å². The summed E-state index contributed by atoms with van der Waals surface area (Å²) in [5.74, 6) is -1.30. The van der Waals surface area contributed by atoms with E-state index in [1.165, 1.54) is 23.5 Å². The van der Waals surface area contributed by atoms with Crippen molar-refractivity contribution in [2.24, 2.45) is 4.99 Å². The van der Waals surface area contributed by atoms with E-state index in [1.54, 1.807) is 7.11 Å². The second-order valence-corrected chi connectivity index (χ2v) is 8.15. The van der Waals surface area contributed by atoms with E-state index >= 15 is 0 Å². The molecule has 4 nitrogen and oxygen atoms in total. The fourth-order valence-corrected chi connectivity index (χ4v) is 3.89. The van der Waals surface area contributed by atoms with E-state index in [4.69, 9.17) is 16.3 Å². The van der Waals surface area contributed by atoms with Crippen LogP contribution < -0.4 is 4.80 Å². The number of carbonyl (C=O) groups excluding carboxylic acids is 1. The number of halogens is 2. The molecule has 1 aromatic heterocycles. The van der Waals surface area contributed by atoms with Crippen LogP contribution >= 0.6 is 22.9 Å². The molecule has 0 aliphatic rings. The molecular weight excluding hydrogens is 363 g/mol. The maximum Gasteiger partial charge on any atom is 0.282 e. The van der Waals surface area contributed by atoms with Gasteiger partial charge in [0.2, 0.25) is 0 Å². The van der Waals surface area contributed by atoms with Gasteiger partial charge >= 0.3 is 0 Å². The van der Waals surface area contributed by atoms with Crippen LogP contribution in [-0.2, 0) is 16.7 Å². The van der Waals surface area contributed by atoms with Crippen molar-refractivity contribution in [1.82, 2.24) is 4.57 Å². The Bertz CT molecular complexity index is 850. The molecule has 0 saturated heterocycles. The number of aromatic nitrogens is 1. The van der Waals surface area contributed by atoms with Gasteiger partial charge < -0.3 is 9.30 Å². The van der Waals surface area contributed by atoms with Gasteiger partial charge in [-0.25, -0.2) is 4.39 Å². The molecule has 0 bridgehead atoms. The van der Waals surface area contributed by atoms with Gasteiger partial charge in [0.1, 0.15) is 5.82 Å². The van der Waals surface area contributed by atoms with Crippen LogP contribution in [-0.4, -0.2) is 24.2 Å². The molecule has 2 aromatic rings. The van der Waals surface area contributed by atoms with Crippen molar-refractivity contribution in [3.8, 4) is 0 Å². The summed E-state index contributed by atoms with van der Waals surface area (Å²) < 4.78 is 21.1. The third kappa shape index (κ3) is 4.57. The number of nitrogens with zero attached hydrogens (tertiary/aromatic N) is 2. The Hall–Kier alpha value is -1.50. The highest BCUT2D eigenvalue weighted by molar-refractivity contribution is 7.09. The van der Waals surface area contributed by atoms with E-state index in [9.17, 15) is 9.18 Å². The van der Waals surface area contributed by atoms with Gasteiger partial charge in [0.25, 0.3) is 5.91 Å². The van der Waals surface area contributed by atoms with Crippen molar-refractivity contribution >= 4 is 28.8 Å². The molecule has 0 aliphatic carbocycles. The second-order valence-electron chi connectivity index (χ2n) is 6.73. The average molecular weight is 385 g/mol. The van der Waals surface area contributed by atoms with E-state index in [-0.39, 0.29) is 16.0 Å². The van der Waals surface area contributed by atoms with Gasteiger partial charge in [-0.1, -0.05) is 32.4 Å². The van der Waals surface area contributed by atoms with Crippen LogP contribution in [0.5, 0.6) is 0 Å². The highest BCUT2D eigenvalue weighted by atomic mass is 35.5. The second kappa shape index (κ2) is 7.81. The fraction of sp³-hybridized carbons (Fsp3) is 0.444. The average Bonchev–Trinajstić information content (AvgIpc) is 2.81. The first kappa shape index (κ1) is 19.8. The SMILES string of the molecule is COCCn1c(C)c(C(C)(C)C)sc1=NC(=O)c1ccc(Cl)cc1F. The molecule has 7 heteroatoms. The largest absolute Gasteiger partial charge is 0.383 e. The maximum atomic E-state index is 14.0. The van der Waals surface area contributed by atoms with Crippen molar-refractivity contribution in [3.63, 3.8) is 0 Å². The van der Waals surface area contributed by atoms with E-state index < -0.39 is 11.7 Å². The molecule has 1 aromatic carbocycles. The molecule has 0 fully saturated rings. The number of benzene rings is 1. The lowest BCUT2D eigenvalue weighted by atomic mass is 9.93. The third-order valence-corrected chi connectivity index (χ3v) is 5.56. The highest BCUT2D eigenvalue weighted by Gasteiger charge is 2.22. The minimum Gasteiger partial charge on any atom is -0.383 e. The maximum absolute atomic E-state index is 14.0. The lowest BCUT2D eigenvalue weighted by Gasteiger charge is -2.17. The summed E-state index contributed by atoms with van der Waals surface area (Å²) in [4.78, 5) is 18.3. The van der Waals surface area contributed by atoms with Gasteiger partial charge in [-0.3, -0.25) is 4.79 Å². The minimum absolute atomic E-state index is 0.0775. The predicted octanol–water partition coefficient (Wildman–Crippen LogP) is 4.34. The number of carbonyl (C=O) groups is 1. The normalized spacial score (nSPS) is 12.7. The van der Waals surface area contributed by atoms with Crippen molar-refractivity contribution in [2.45, 2.75) is 39.7 Å². The molecule has 2 rings (SSSR count). The van der Waals surface area contributed by atoms with Crippen molar-refractivity contribution in [2.75, 3.05) is 13.7 Å². The van der Waals surface area contributed by atoms with Gasteiger partial charge in [-0.05, 0) is 30.5 Å². The molecular formula is C18H22ClFN2O2S. The summed E-state index contributed by atoms with van der Waals surface area (Å²) in [6, 6.07) is 3.95. The summed E-state index contributed by atoms with van der Waals surface area (Å²) >= 11 is 7.19. The first-order valence-electron chi connectivity index (χ1n) is 7.89. The lowest BCUT2D eigenvalue weighted by molar-refractivity contribution is 0.0993. The Morgan fingerprint density at radius 1 is 1.40 bits per heavy atom. The van der Waals surface area contributed by atoms with Crippen molar-refractivity contribution in [3.05, 3.63) is 50.0 Å². The van der Waals surface area contributed by atoms with Crippen molar-refractivity contribution in [1.29, 1.82) is 0 Å². The molecule has 1 amide bonds. The Balaban J connectivity index is 2.55. The molecule has 0 N–H and O–H groups in total. The van der Waals surface area contributed by atoms with E-state index in [0.29, 0.717) is 18.0 Å². The van der Waals surface area contributed by atoms with Crippen LogP contribution in [0, 0.1) is 12.7 Å². The number of ether oxygens (including phenoxy) is 1. The number of amides is 1. The van der Waals surface area contributed by atoms with Crippen molar-refractivity contribution < 1.29 is 13.9 Å². The summed E-state index contributed by atoms with van der Waals surface area (Å²) in [6.07, 6.45) is 0. The van der Waals surface area contributed by atoms with Crippen LogP contribution in [0.3, 0.4) is 0 Å². The summed E-state index contributed by atoms with van der Waals surface area (Å²) in [5.41, 5.74) is 0.870.